The van der Waals surface area contributed by atoms with E-state index in [0.29, 0.717) is 24.5 Å². The highest BCUT2D eigenvalue weighted by molar-refractivity contribution is 5.95. The summed E-state index contributed by atoms with van der Waals surface area (Å²) in [5.41, 5.74) is 1.65. The summed E-state index contributed by atoms with van der Waals surface area (Å²) in [5.74, 6) is 0.428. The lowest BCUT2D eigenvalue weighted by Gasteiger charge is -2.18. The molecule has 0 fully saturated rings. The Hall–Kier alpha value is -3.22. The number of para-hydroxylation sites is 2. The second kappa shape index (κ2) is 8.05. The Morgan fingerprint density at radius 1 is 1.16 bits per heavy atom. The molecule has 2 aromatic carbocycles. The van der Waals surface area contributed by atoms with Crippen molar-refractivity contribution in [2.24, 2.45) is 0 Å². The van der Waals surface area contributed by atoms with Gasteiger partial charge in [-0.15, -0.1) is 5.10 Å². The number of hydrogen-bond donors (Lipinski definition) is 1. The summed E-state index contributed by atoms with van der Waals surface area (Å²) < 4.78 is 7.03. The first-order valence-electron chi connectivity index (χ1n) is 8.07. The molecule has 3 rings (SSSR count). The quantitative estimate of drug-likeness (QED) is 0.716. The Bertz CT molecular complexity index is 805. The smallest absolute Gasteiger partial charge is 0.249 e. The molecule has 7 nitrogen and oxygen atoms in total. The van der Waals surface area contributed by atoms with Gasteiger partial charge in [-0.2, -0.15) is 0 Å². The molecule has 1 N–H and O–H groups in total. The minimum Gasteiger partial charge on any atom is -0.492 e. The predicted octanol–water partition coefficient (Wildman–Crippen LogP) is 2.49. The van der Waals surface area contributed by atoms with Gasteiger partial charge in [0.25, 0.3) is 0 Å². The Kier molecular flexibility index (Phi) is 5.36. The van der Waals surface area contributed by atoms with E-state index in [4.69, 9.17) is 4.74 Å². The molecule has 1 heterocycles. The second-order valence-corrected chi connectivity index (χ2v) is 5.41. The van der Waals surface area contributed by atoms with Gasteiger partial charge in [-0.05, 0) is 35.0 Å². The molecule has 1 aromatic heterocycles. The number of aromatic nitrogens is 4. The summed E-state index contributed by atoms with van der Waals surface area (Å²) in [5, 5.41) is 14.1. The van der Waals surface area contributed by atoms with Crippen LogP contribution in [0.2, 0.25) is 0 Å². The molecular weight excluding hydrogens is 318 g/mol. The topological polar surface area (TPSA) is 81.9 Å². The molecule has 1 atom stereocenters. The van der Waals surface area contributed by atoms with Crippen LogP contribution in [0.5, 0.6) is 5.75 Å². The van der Waals surface area contributed by atoms with Crippen molar-refractivity contribution < 1.29 is 9.53 Å². The Balaban J connectivity index is 1.83. The minimum absolute atomic E-state index is 0.205. The summed E-state index contributed by atoms with van der Waals surface area (Å²) in [6.07, 6.45) is 1.93. The van der Waals surface area contributed by atoms with Gasteiger partial charge in [0.15, 0.2) is 0 Å². The standard InChI is InChI=1S/C18H19N5O2/c1-2-25-17-11-7-6-10-15(17)20-18(24)16(23-13-19-21-22-23)12-14-8-4-3-5-9-14/h3-11,13,16H,2,12H2,1H3,(H,20,24)/t16-/m0/s1. The number of rotatable bonds is 7. The average Bonchev–Trinajstić information content (AvgIpc) is 3.17. The van der Waals surface area contributed by atoms with Crippen LogP contribution in [0.4, 0.5) is 5.69 Å². The van der Waals surface area contributed by atoms with E-state index in [2.05, 4.69) is 20.8 Å². The van der Waals surface area contributed by atoms with Crippen LogP contribution in [0.1, 0.15) is 18.5 Å². The van der Waals surface area contributed by atoms with Crippen molar-refractivity contribution in [2.75, 3.05) is 11.9 Å². The number of tetrazole rings is 1. The van der Waals surface area contributed by atoms with Crippen LogP contribution in [0.25, 0.3) is 0 Å². The number of carbonyl (C=O) groups is 1. The summed E-state index contributed by atoms with van der Waals surface area (Å²) in [7, 11) is 0. The molecule has 0 aliphatic heterocycles. The highest BCUT2D eigenvalue weighted by atomic mass is 16.5. The molecule has 0 unspecified atom stereocenters. The van der Waals surface area contributed by atoms with Gasteiger partial charge < -0.3 is 10.1 Å². The van der Waals surface area contributed by atoms with Crippen molar-refractivity contribution in [3.8, 4) is 5.75 Å². The zero-order valence-electron chi connectivity index (χ0n) is 13.9. The van der Waals surface area contributed by atoms with Crippen molar-refractivity contribution in [2.45, 2.75) is 19.4 Å². The summed E-state index contributed by atoms with van der Waals surface area (Å²) in [4.78, 5) is 12.9. The van der Waals surface area contributed by atoms with E-state index >= 15 is 0 Å². The van der Waals surface area contributed by atoms with Gasteiger partial charge in [0, 0.05) is 6.42 Å². The van der Waals surface area contributed by atoms with E-state index in [9.17, 15) is 4.79 Å². The molecule has 0 saturated carbocycles. The van der Waals surface area contributed by atoms with Gasteiger partial charge in [-0.1, -0.05) is 42.5 Å². The molecule has 0 aliphatic rings. The molecule has 0 saturated heterocycles. The zero-order valence-corrected chi connectivity index (χ0v) is 13.9. The maximum absolute atomic E-state index is 12.9. The van der Waals surface area contributed by atoms with E-state index in [-0.39, 0.29) is 5.91 Å². The lowest BCUT2D eigenvalue weighted by molar-refractivity contribution is -0.119. The van der Waals surface area contributed by atoms with Crippen molar-refractivity contribution in [3.05, 3.63) is 66.5 Å². The summed E-state index contributed by atoms with van der Waals surface area (Å²) in [6.45, 7) is 2.42. The number of benzene rings is 2. The van der Waals surface area contributed by atoms with Crippen LogP contribution in [0.15, 0.2) is 60.9 Å². The summed E-state index contributed by atoms with van der Waals surface area (Å²) >= 11 is 0. The minimum atomic E-state index is -0.563. The van der Waals surface area contributed by atoms with Crippen molar-refractivity contribution in [1.29, 1.82) is 0 Å². The number of anilines is 1. The lowest BCUT2D eigenvalue weighted by atomic mass is 10.1. The highest BCUT2D eigenvalue weighted by Crippen LogP contribution is 2.25. The molecule has 128 valence electrons. The predicted molar refractivity (Wildman–Crippen MR) is 93.2 cm³/mol. The maximum atomic E-state index is 12.9. The van der Waals surface area contributed by atoms with Gasteiger partial charge in [0.05, 0.1) is 12.3 Å². The van der Waals surface area contributed by atoms with Crippen molar-refractivity contribution in [3.63, 3.8) is 0 Å². The third kappa shape index (κ3) is 4.20. The van der Waals surface area contributed by atoms with Crippen LogP contribution in [-0.4, -0.2) is 32.7 Å². The second-order valence-electron chi connectivity index (χ2n) is 5.41. The van der Waals surface area contributed by atoms with E-state index in [1.54, 1.807) is 0 Å². The van der Waals surface area contributed by atoms with Crippen molar-refractivity contribution in [1.82, 2.24) is 20.2 Å². The van der Waals surface area contributed by atoms with Crippen LogP contribution >= 0.6 is 0 Å². The average molecular weight is 337 g/mol. The van der Waals surface area contributed by atoms with Crippen LogP contribution in [-0.2, 0) is 11.2 Å². The Labute approximate surface area is 145 Å². The molecule has 0 aliphatic carbocycles. The Morgan fingerprint density at radius 2 is 1.92 bits per heavy atom. The Morgan fingerprint density at radius 3 is 2.64 bits per heavy atom. The first kappa shape index (κ1) is 16.6. The SMILES string of the molecule is CCOc1ccccc1NC(=O)[C@H](Cc1ccccc1)n1cnnn1. The van der Waals surface area contributed by atoms with Crippen molar-refractivity contribution >= 4 is 11.6 Å². The molecule has 0 spiro atoms. The van der Waals surface area contributed by atoms with Crippen LogP contribution < -0.4 is 10.1 Å². The number of nitrogens with zero attached hydrogens (tertiary/aromatic N) is 4. The lowest BCUT2D eigenvalue weighted by Crippen LogP contribution is -2.28. The zero-order chi connectivity index (χ0) is 17.5. The van der Waals surface area contributed by atoms with Crippen LogP contribution in [0.3, 0.4) is 0 Å². The molecular formula is C18H19N5O2. The first-order valence-corrected chi connectivity index (χ1v) is 8.07. The third-order valence-electron chi connectivity index (χ3n) is 3.70. The molecule has 3 aromatic rings. The summed E-state index contributed by atoms with van der Waals surface area (Å²) in [6, 6.07) is 16.5. The number of hydrogen-bond acceptors (Lipinski definition) is 5. The largest absolute Gasteiger partial charge is 0.492 e. The highest BCUT2D eigenvalue weighted by Gasteiger charge is 2.23. The van der Waals surface area contributed by atoms with Gasteiger partial charge in [0.1, 0.15) is 18.1 Å². The number of carbonyl (C=O) groups excluding carboxylic acids is 1. The van der Waals surface area contributed by atoms with Gasteiger partial charge in [-0.3, -0.25) is 4.79 Å². The molecule has 0 bridgehead atoms. The fraction of sp³-hybridized carbons (Fsp3) is 0.222. The molecule has 1 amide bonds. The monoisotopic (exact) mass is 337 g/mol. The molecule has 25 heavy (non-hydrogen) atoms. The van der Waals surface area contributed by atoms with Gasteiger partial charge in [-0.25, -0.2) is 4.68 Å². The molecule has 7 heteroatoms. The van der Waals surface area contributed by atoms with Crippen LogP contribution in [0, 0.1) is 0 Å². The van der Waals surface area contributed by atoms with Gasteiger partial charge in [0.2, 0.25) is 5.91 Å². The third-order valence-corrected chi connectivity index (χ3v) is 3.70. The first-order chi connectivity index (χ1) is 12.3. The maximum Gasteiger partial charge on any atom is 0.249 e. The fourth-order valence-electron chi connectivity index (χ4n) is 2.52. The van der Waals surface area contributed by atoms with E-state index in [0.717, 1.165) is 5.56 Å². The fourth-order valence-corrected chi connectivity index (χ4v) is 2.52. The number of ether oxygens (including phenoxy) is 1. The van der Waals surface area contributed by atoms with E-state index in [1.165, 1.54) is 11.0 Å². The number of amides is 1. The normalized spacial score (nSPS) is 11.7. The number of nitrogens with one attached hydrogen (secondary N) is 1. The van der Waals surface area contributed by atoms with E-state index in [1.807, 2.05) is 61.5 Å². The van der Waals surface area contributed by atoms with Gasteiger partial charge >= 0.3 is 0 Å². The van der Waals surface area contributed by atoms with E-state index < -0.39 is 6.04 Å². The molecule has 0 radical (unpaired) electrons.